The molecule has 1 amide bonds. The number of carbonyl (C=O) groups excluding carboxylic acids is 1. The van der Waals surface area contributed by atoms with Gasteiger partial charge in [-0.3, -0.25) is 14.7 Å². The summed E-state index contributed by atoms with van der Waals surface area (Å²) in [6.45, 7) is 0.383. The number of likely N-dealkylation sites (N-methyl/N-ethyl adjacent to an activating group) is 1. The predicted octanol–water partition coefficient (Wildman–Crippen LogP) is 5.21. The Hall–Kier alpha value is -1.76. The smallest absolute Gasteiger partial charge is 0.266 e. The van der Waals surface area contributed by atoms with Crippen molar-refractivity contribution in [2.75, 3.05) is 14.1 Å². The van der Waals surface area contributed by atoms with Crippen molar-refractivity contribution in [1.82, 2.24) is 4.90 Å². The maximum atomic E-state index is 12.2. The summed E-state index contributed by atoms with van der Waals surface area (Å²) < 4.78 is 6.66. The van der Waals surface area contributed by atoms with Crippen LogP contribution < -0.4 is 4.74 Å². The second-order valence-electron chi connectivity index (χ2n) is 5.55. The molecule has 1 heterocycles. The lowest BCUT2D eigenvalue weighted by molar-refractivity contribution is -0.121. The second kappa shape index (κ2) is 8.29. The Bertz CT molecular complexity index is 914. The number of hydrogen-bond donors (Lipinski definition) is 0. The minimum absolute atomic E-state index is 0.0502. The summed E-state index contributed by atoms with van der Waals surface area (Å²) in [4.78, 5) is 18.5. The Balaban J connectivity index is 1.75. The average molecular weight is 452 g/mol. The molecule has 3 rings (SSSR count). The van der Waals surface area contributed by atoms with Crippen LogP contribution in [0.1, 0.15) is 11.1 Å². The number of thioether (sulfide) groups is 1. The first-order valence-electron chi connectivity index (χ1n) is 7.79. The van der Waals surface area contributed by atoms with E-state index in [0.29, 0.717) is 27.5 Å². The van der Waals surface area contributed by atoms with Crippen LogP contribution in [0.5, 0.6) is 5.75 Å². The van der Waals surface area contributed by atoms with Gasteiger partial charge in [0.2, 0.25) is 0 Å². The lowest BCUT2D eigenvalue weighted by Crippen LogP contribution is -2.23. The van der Waals surface area contributed by atoms with Gasteiger partial charge in [0.15, 0.2) is 5.17 Å². The van der Waals surface area contributed by atoms with Gasteiger partial charge in [0.05, 0.1) is 9.38 Å². The van der Waals surface area contributed by atoms with E-state index < -0.39 is 0 Å². The van der Waals surface area contributed by atoms with E-state index in [1.54, 1.807) is 19.0 Å². The molecule has 0 aromatic heterocycles. The molecular formula is C19H16BrClN2O2S. The summed E-state index contributed by atoms with van der Waals surface area (Å²) in [5.41, 5.74) is 1.83. The zero-order valence-electron chi connectivity index (χ0n) is 14.2. The molecule has 1 aliphatic heterocycles. The van der Waals surface area contributed by atoms with Gasteiger partial charge >= 0.3 is 0 Å². The van der Waals surface area contributed by atoms with E-state index in [2.05, 4.69) is 20.9 Å². The van der Waals surface area contributed by atoms with Crippen molar-refractivity contribution < 1.29 is 9.53 Å². The highest BCUT2D eigenvalue weighted by Gasteiger charge is 2.29. The minimum atomic E-state index is -0.0502. The molecule has 0 N–H and O–H groups in total. The third-order valence-corrected chi connectivity index (χ3v) is 5.93. The molecule has 1 aliphatic rings. The fourth-order valence-electron chi connectivity index (χ4n) is 2.40. The monoisotopic (exact) mass is 450 g/mol. The maximum Gasteiger partial charge on any atom is 0.266 e. The van der Waals surface area contributed by atoms with Crippen LogP contribution >= 0.6 is 39.3 Å². The first-order chi connectivity index (χ1) is 12.5. The fraction of sp³-hybridized carbons (Fsp3) is 0.158. The van der Waals surface area contributed by atoms with Crippen LogP contribution in [0.3, 0.4) is 0 Å². The van der Waals surface area contributed by atoms with E-state index in [-0.39, 0.29) is 5.91 Å². The molecule has 134 valence electrons. The number of carbonyl (C=O) groups is 1. The van der Waals surface area contributed by atoms with Gasteiger partial charge in [0, 0.05) is 24.7 Å². The molecule has 0 radical (unpaired) electrons. The van der Waals surface area contributed by atoms with Gasteiger partial charge in [0.1, 0.15) is 12.4 Å². The molecular weight excluding hydrogens is 436 g/mol. The number of amides is 1. The number of amidine groups is 1. The van der Waals surface area contributed by atoms with Crippen LogP contribution in [-0.4, -0.2) is 30.1 Å². The van der Waals surface area contributed by atoms with E-state index in [4.69, 9.17) is 16.3 Å². The van der Waals surface area contributed by atoms with E-state index >= 15 is 0 Å². The normalized spacial score (nSPS) is 17.4. The van der Waals surface area contributed by atoms with E-state index in [9.17, 15) is 4.79 Å². The van der Waals surface area contributed by atoms with E-state index in [1.807, 2.05) is 48.5 Å². The van der Waals surface area contributed by atoms with Gasteiger partial charge in [-0.15, -0.1) is 0 Å². The summed E-state index contributed by atoms with van der Waals surface area (Å²) in [6.07, 6.45) is 1.85. The molecule has 0 saturated carbocycles. The standard InChI is InChI=1S/C19H16BrClN2O2S/c1-22-19-23(2)18(24)17(26-19)10-12-7-8-16(14(20)9-12)25-11-13-5-3-4-6-15(13)21/h3-10H,11H2,1-2H3/b17-10+,22-19?. The largest absolute Gasteiger partial charge is 0.488 e. The number of ether oxygens (including phenoxy) is 1. The van der Waals surface area contributed by atoms with Crippen molar-refractivity contribution in [2.24, 2.45) is 4.99 Å². The van der Waals surface area contributed by atoms with E-state index in [0.717, 1.165) is 15.6 Å². The van der Waals surface area contributed by atoms with Crippen molar-refractivity contribution >= 4 is 56.4 Å². The third-order valence-electron chi connectivity index (χ3n) is 3.79. The number of hydrogen-bond acceptors (Lipinski definition) is 4. The van der Waals surface area contributed by atoms with Gasteiger partial charge in [0.25, 0.3) is 5.91 Å². The molecule has 0 aliphatic carbocycles. The zero-order valence-corrected chi connectivity index (χ0v) is 17.4. The average Bonchev–Trinajstić information content (AvgIpc) is 2.90. The molecule has 0 bridgehead atoms. The molecule has 7 heteroatoms. The van der Waals surface area contributed by atoms with Crippen molar-refractivity contribution in [3.05, 3.63) is 68.0 Å². The van der Waals surface area contributed by atoms with Crippen LogP contribution in [0.2, 0.25) is 5.02 Å². The molecule has 26 heavy (non-hydrogen) atoms. The molecule has 1 fully saturated rings. The van der Waals surface area contributed by atoms with Gasteiger partial charge in [-0.2, -0.15) is 0 Å². The summed E-state index contributed by atoms with van der Waals surface area (Å²) in [5.74, 6) is 0.663. The summed E-state index contributed by atoms with van der Waals surface area (Å²) in [7, 11) is 3.40. The number of rotatable bonds is 4. The molecule has 2 aromatic rings. The molecule has 0 atom stereocenters. The lowest BCUT2D eigenvalue weighted by Gasteiger charge is -2.10. The van der Waals surface area contributed by atoms with Crippen LogP contribution in [-0.2, 0) is 11.4 Å². The molecule has 4 nitrogen and oxygen atoms in total. The first-order valence-corrected chi connectivity index (χ1v) is 9.78. The van der Waals surface area contributed by atoms with Crippen molar-refractivity contribution in [1.29, 1.82) is 0 Å². The Morgan fingerprint density at radius 1 is 1.31 bits per heavy atom. The van der Waals surface area contributed by atoms with Gasteiger partial charge in [-0.25, -0.2) is 0 Å². The first kappa shape index (κ1) is 19.0. The SMILES string of the molecule is CN=C1S/C(=C/c2ccc(OCc3ccccc3Cl)c(Br)c2)C(=O)N1C. The highest BCUT2D eigenvalue weighted by atomic mass is 79.9. The molecule has 0 unspecified atom stereocenters. The quantitative estimate of drug-likeness (QED) is 0.599. The minimum Gasteiger partial charge on any atom is -0.488 e. The predicted molar refractivity (Wildman–Crippen MR) is 112 cm³/mol. The van der Waals surface area contributed by atoms with Crippen LogP contribution in [0.4, 0.5) is 0 Å². The summed E-state index contributed by atoms with van der Waals surface area (Å²) in [6, 6.07) is 13.3. The molecule has 2 aromatic carbocycles. The topological polar surface area (TPSA) is 41.9 Å². The van der Waals surface area contributed by atoms with Gasteiger partial charge < -0.3 is 4.74 Å². The van der Waals surface area contributed by atoms with Crippen molar-refractivity contribution in [3.8, 4) is 5.75 Å². The lowest BCUT2D eigenvalue weighted by atomic mass is 10.2. The molecule has 0 spiro atoms. The number of nitrogens with zero attached hydrogens (tertiary/aromatic N) is 2. The number of halogens is 2. The van der Waals surface area contributed by atoms with E-state index in [1.165, 1.54) is 11.8 Å². The third kappa shape index (κ3) is 4.14. The Labute approximate surface area is 170 Å². The van der Waals surface area contributed by atoms with Crippen molar-refractivity contribution in [2.45, 2.75) is 6.61 Å². The van der Waals surface area contributed by atoms with Crippen molar-refractivity contribution in [3.63, 3.8) is 0 Å². The van der Waals surface area contributed by atoms with Gasteiger partial charge in [-0.05, 0) is 57.5 Å². The van der Waals surface area contributed by atoms with Crippen LogP contribution in [0.15, 0.2) is 56.8 Å². The number of benzene rings is 2. The van der Waals surface area contributed by atoms with Crippen LogP contribution in [0.25, 0.3) is 6.08 Å². The van der Waals surface area contributed by atoms with Crippen LogP contribution in [0, 0.1) is 0 Å². The highest BCUT2D eigenvalue weighted by molar-refractivity contribution is 9.10. The highest BCUT2D eigenvalue weighted by Crippen LogP contribution is 2.33. The summed E-state index contributed by atoms with van der Waals surface area (Å²) >= 11 is 11.0. The maximum absolute atomic E-state index is 12.2. The Morgan fingerprint density at radius 2 is 2.08 bits per heavy atom. The summed E-state index contributed by atoms with van der Waals surface area (Å²) in [5, 5.41) is 1.37. The zero-order chi connectivity index (χ0) is 18.7. The number of aliphatic imine (C=N–C) groups is 1. The second-order valence-corrected chi connectivity index (χ2v) is 7.82. The Morgan fingerprint density at radius 3 is 2.73 bits per heavy atom. The Kier molecular flexibility index (Phi) is 6.06. The fourth-order valence-corrected chi connectivity index (χ4v) is 4.02. The molecule has 1 saturated heterocycles. The van der Waals surface area contributed by atoms with Gasteiger partial charge in [-0.1, -0.05) is 35.9 Å².